The molecule has 2 nitrogen and oxygen atoms in total. The van der Waals surface area contributed by atoms with Gasteiger partial charge in [0.2, 0.25) is 0 Å². The minimum atomic E-state index is 0.964. The minimum absolute atomic E-state index is 0.964. The third kappa shape index (κ3) is 1.80. The molecule has 0 saturated heterocycles. The Morgan fingerprint density at radius 3 is 2.29 bits per heavy atom. The molecule has 132 valence electrons. The van der Waals surface area contributed by atoms with Crippen LogP contribution in [0.5, 0.6) is 0 Å². The highest BCUT2D eigenvalue weighted by Gasteiger charge is 2.33. The summed E-state index contributed by atoms with van der Waals surface area (Å²) in [5.41, 5.74) is 13.9. The molecule has 28 heavy (non-hydrogen) atoms. The second kappa shape index (κ2) is 5.11. The first-order valence-corrected chi connectivity index (χ1v) is 9.96. The summed E-state index contributed by atoms with van der Waals surface area (Å²) in [7, 11) is 0. The summed E-state index contributed by atoms with van der Waals surface area (Å²) >= 11 is 0. The van der Waals surface area contributed by atoms with Gasteiger partial charge in [-0.1, -0.05) is 54.6 Å². The normalized spacial score (nSPS) is 14.6. The zero-order chi connectivity index (χ0) is 18.2. The van der Waals surface area contributed by atoms with E-state index >= 15 is 0 Å². The van der Waals surface area contributed by atoms with Crippen LogP contribution in [0.2, 0.25) is 0 Å². The van der Waals surface area contributed by atoms with E-state index in [4.69, 9.17) is 4.98 Å². The van der Waals surface area contributed by atoms with Gasteiger partial charge in [-0.3, -0.25) is 4.90 Å². The molecule has 3 heterocycles. The number of rotatable bonds is 0. The van der Waals surface area contributed by atoms with E-state index in [-0.39, 0.29) is 0 Å². The van der Waals surface area contributed by atoms with E-state index in [1.165, 1.54) is 55.9 Å². The average molecular weight is 358 g/mol. The molecule has 0 fully saturated rings. The maximum absolute atomic E-state index is 4.81. The number of anilines is 3. The van der Waals surface area contributed by atoms with Crippen LogP contribution < -0.4 is 4.90 Å². The Morgan fingerprint density at radius 2 is 1.36 bits per heavy atom. The highest BCUT2D eigenvalue weighted by molar-refractivity contribution is 5.91. The summed E-state index contributed by atoms with van der Waals surface area (Å²) in [5, 5.41) is 0. The number of para-hydroxylation sites is 1. The molecule has 3 aromatic carbocycles. The molecule has 0 saturated carbocycles. The summed E-state index contributed by atoms with van der Waals surface area (Å²) in [6.07, 6.45) is 4.93. The Kier molecular flexibility index (Phi) is 2.67. The van der Waals surface area contributed by atoms with Crippen molar-refractivity contribution < 1.29 is 0 Å². The minimum Gasteiger partial charge on any atom is -0.294 e. The molecule has 0 atom stereocenters. The molecule has 0 N–H and O–H groups in total. The van der Waals surface area contributed by atoms with Crippen LogP contribution in [0.3, 0.4) is 0 Å². The molecule has 2 heteroatoms. The summed E-state index contributed by atoms with van der Waals surface area (Å²) in [4.78, 5) is 7.23. The van der Waals surface area contributed by atoms with Gasteiger partial charge in [-0.15, -0.1) is 0 Å². The maximum Gasteiger partial charge on any atom is 0.141 e. The first kappa shape index (κ1) is 14.6. The number of pyridine rings is 1. The number of hydrogen-bond donors (Lipinski definition) is 0. The highest BCUT2D eigenvalue weighted by Crippen LogP contribution is 2.51. The molecule has 3 aliphatic rings. The van der Waals surface area contributed by atoms with Crippen LogP contribution in [0.4, 0.5) is 17.2 Å². The van der Waals surface area contributed by atoms with Crippen LogP contribution in [0, 0.1) is 0 Å². The molecule has 0 radical (unpaired) electrons. The van der Waals surface area contributed by atoms with Crippen LogP contribution >= 0.6 is 0 Å². The third-order valence-corrected chi connectivity index (χ3v) is 6.50. The van der Waals surface area contributed by atoms with Crippen molar-refractivity contribution in [2.75, 3.05) is 4.90 Å². The van der Waals surface area contributed by atoms with E-state index in [2.05, 4.69) is 71.6 Å². The fourth-order valence-electron chi connectivity index (χ4n) is 5.31. The van der Waals surface area contributed by atoms with Crippen LogP contribution in [0.25, 0.3) is 11.1 Å². The van der Waals surface area contributed by atoms with E-state index in [1.54, 1.807) is 0 Å². The van der Waals surface area contributed by atoms with Crippen molar-refractivity contribution >= 4 is 17.2 Å². The van der Waals surface area contributed by atoms with Crippen molar-refractivity contribution in [1.82, 2.24) is 4.98 Å². The largest absolute Gasteiger partial charge is 0.294 e. The Bertz CT molecular complexity index is 1300. The standard InChI is InChI=1S/C26H18N2/c1-2-9-22-16(5-1)11-20-14-21-13-18-7-3-6-17-12-19-8-4-10-27-26(19)28(25(17)18)24(21)15-23(20)22/h1-10,14-15H,11-13H2. The lowest BCUT2D eigenvalue weighted by Crippen LogP contribution is -2.25. The molecule has 0 spiro atoms. The van der Waals surface area contributed by atoms with Gasteiger partial charge in [0, 0.05) is 19.0 Å². The van der Waals surface area contributed by atoms with Crippen LogP contribution in [-0.4, -0.2) is 4.98 Å². The summed E-state index contributed by atoms with van der Waals surface area (Å²) < 4.78 is 0. The van der Waals surface area contributed by atoms with Gasteiger partial charge >= 0.3 is 0 Å². The van der Waals surface area contributed by atoms with Gasteiger partial charge in [-0.2, -0.15) is 0 Å². The van der Waals surface area contributed by atoms with Gasteiger partial charge in [0.1, 0.15) is 5.82 Å². The molecule has 2 aliphatic heterocycles. The number of nitrogens with zero attached hydrogens (tertiary/aromatic N) is 2. The maximum atomic E-state index is 4.81. The van der Waals surface area contributed by atoms with Crippen LogP contribution in [0.15, 0.2) is 72.9 Å². The average Bonchev–Trinajstić information content (AvgIpc) is 3.09. The molecule has 0 unspecified atom stereocenters. The fourth-order valence-corrected chi connectivity index (χ4v) is 5.31. The van der Waals surface area contributed by atoms with Gasteiger partial charge < -0.3 is 0 Å². The number of aromatic nitrogens is 1. The van der Waals surface area contributed by atoms with Crippen molar-refractivity contribution in [2.45, 2.75) is 19.3 Å². The second-order valence-corrected chi connectivity index (χ2v) is 8.07. The smallest absolute Gasteiger partial charge is 0.141 e. The van der Waals surface area contributed by atoms with Crippen LogP contribution in [-0.2, 0) is 19.3 Å². The Balaban J connectivity index is 1.53. The van der Waals surface area contributed by atoms with Crippen molar-refractivity contribution in [3.63, 3.8) is 0 Å². The molecule has 0 amide bonds. The van der Waals surface area contributed by atoms with Crippen molar-refractivity contribution in [1.29, 1.82) is 0 Å². The van der Waals surface area contributed by atoms with Gasteiger partial charge in [0.05, 0.1) is 11.4 Å². The summed E-state index contributed by atoms with van der Waals surface area (Å²) in [6.45, 7) is 0. The van der Waals surface area contributed by atoms with Gasteiger partial charge in [0.25, 0.3) is 0 Å². The van der Waals surface area contributed by atoms with E-state index in [9.17, 15) is 0 Å². The van der Waals surface area contributed by atoms with Gasteiger partial charge in [-0.05, 0) is 63.1 Å². The van der Waals surface area contributed by atoms with Crippen molar-refractivity contribution in [2.24, 2.45) is 0 Å². The van der Waals surface area contributed by atoms with Gasteiger partial charge in [0.15, 0.2) is 0 Å². The molecule has 0 bridgehead atoms. The van der Waals surface area contributed by atoms with E-state index in [0.29, 0.717) is 0 Å². The van der Waals surface area contributed by atoms with E-state index in [0.717, 1.165) is 25.1 Å². The summed E-state index contributed by atoms with van der Waals surface area (Å²) in [5.74, 6) is 1.09. The number of hydrogen-bond acceptors (Lipinski definition) is 2. The number of fused-ring (bicyclic) bond motifs is 7. The molecule has 4 aromatic rings. The molecule has 1 aromatic heterocycles. The monoisotopic (exact) mass is 358 g/mol. The van der Waals surface area contributed by atoms with Crippen molar-refractivity contribution in [3.8, 4) is 11.1 Å². The fraction of sp³-hybridized carbons (Fsp3) is 0.115. The molecule has 1 aliphatic carbocycles. The zero-order valence-corrected chi connectivity index (χ0v) is 15.4. The first-order valence-electron chi connectivity index (χ1n) is 9.96. The lowest BCUT2D eigenvalue weighted by Gasteiger charge is -2.38. The SMILES string of the molecule is c1ccc2c(c1)Cc1cc3c(cc1-2)N1c2ncccc2Cc2cccc(c21)C3. The van der Waals surface area contributed by atoms with Crippen molar-refractivity contribution in [3.05, 3.63) is 106 Å². The van der Waals surface area contributed by atoms with E-state index in [1.807, 2.05) is 6.20 Å². The third-order valence-electron chi connectivity index (χ3n) is 6.50. The lowest BCUT2D eigenvalue weighted by molar-refractivity contribution is 0.980. The first-order chi connectivity index (χ1) is 13.9. The van der Waals surface area contributed by atoms with Crippen LogP contribution in [0.1, 0.15) is 33.4 Å². The zero-order valence-electron chi connectivity index (χ0n) is 15.4. The quantitative estimate of drug-likeness (QED) is 0.334. The molecular formula is C26H18N2. The Labute approximate surface area is 164 Å². The Hall–Kier alpha value is -3.39. The summed E-state index contributed by atoms with van der Waals surface area (Å²) in [6, 6.07) is 24.7. The number of benzene rings is 3. The lowest BCUT2D eigenvalue weighted by atomic mass is 9.86. The predicted molar refractivity (Wildman–Crippen MR) is 113 cm³/mol. The van der Waals surface area contributed by atoms with Gasteiger partial charge in [-0.25, -0.2) is 4.98 Å². The predicted octanol–water partition coefficient (Wildman–Crippen LogP) is 5.93. The Morgan fingerprint density at radius 1 is 0.607 bits per heavy atom. The highest BCUT2D eigenvalue weighted by atomic mass is 15.2. The second-order valence-electron chi connectivity index (χ2n) is 8.07. The molecular weight excluding hydrogens is 340 g/mol. The molecule has 7 rings (SSSR count). The topological polar surface area (TPSA) is 16.1 Å². The van der Waals surface area contributed by atoms with E-state index < -0.39 is 0 Å².